The monoisotopic (exact) mass is 253 g/mol. The highest BCUT2D eigenvalue weighted by Gasteiger charge is 2.18. The summed E-state index contributed by atoms with van der Waals surface area (Å²) >= 11 is 0. The van der Waals surface area contributed by atoms with Crippen molar-refractivity contribution >= 4 is 0 Å². The van der Waals surface area contributed by atoms with Crippen molar-refractivity contribution in [1.29, 1.82) is 0 Å². The van der Waals surface area contributed by atoms with E-state index in [2.05, 4.69) is 38.5 Å². The summed E-state index contributed by atoms with van der Waals surface area (Å²) in [6.07, 6.45) is 10.4. The molecule has 0 aromatic carbocycles. The van der Waals surface area contributed by atoms with E-state index in [1.807, 2.05) is 0 Å². The van der Waals surface area contributed by atoms with Gasteiger partial charge in [-0.05, 0) is 31.8 Å². The highest BCUT2D eigenvalue weighted by molar-refractivity contribution is 4.98. The zero-order valence-electron chi connectivity index (χ0n) is 12.7. The minimum Gasteiger partial charge on any atom is -0.364 e. The second-order valence-corrected chi connectivity index (χ2v) is 4.80. The maximum Gasteiger partial charge on any atom is 0.120 e. The standard InChI is InChI=1S/C16H31NO/c1-6-11-12-15(7-2)16(8-3)18-14-13-17(9-4)10-5/h3,15-16H,6-7,9-14H2,1-2,4-5H3. The van der Waals surface area contributed by atoms with Crippen molar-refractivity contribution in [1.82, 2.24) is 4.90 Å². The second-order valence-electron chi connectivity index (χ2n) is 4.80. The third-order valence-corrected chi connectivity index (χ3v) is 3.64. The molecule has 0 heterocycles. The highest BCUT2D eigenvalue weighted by atomic mass is 16.5. The van der Waals surface area contributed by atoms with Crippen molar-refractivity contribution in [2.75, 3.05) is 26.2 Å². The Morgan fingerprint density at radius 2 is 1.83 bits per heavy atom. The van der Waals surface area contributed by atoms with Crippen molar-refractivity contribution in [2.24, 2.45) is 5.92 Å². The Kier molecular flexibility index (Phi) is 11.2. The summed E-state index contributed by atoms with van der Waals surface area (Å²) in [5.41, 5.74) is 0. The molecule has 2 atom stereocenters. The smallest absolute Gasteiger partial charge is 0.120 e. The molecule has 0 aromatic rings. The molecule has 0 N–H and O–H groups in total. The summed E-state index contributed by atoms with van der Waals surface area (Å²) in [7, 11) is 0. The molecule has 18 heavy (non-hydrogen) atoms. The second kappa shape index (κ2) is 11.6. The molecular formula is C16H31NO. The summed E-state index contributed by atoms with van der Waals surface area (Å²) in [6.45, 7) is 12.7. The topological polar surface area (TPSA) is 12.5 Å². The van der Waals surface area contributed by atoms with Gasteiger partial charge in [-0.2, -0.15) is 0 Å². The van der Waals surface area contributed by atoms with Crippen LogP contribution in [0.2, 0.25) is 0 Å². The average molecular weight is 253 g/mol. The van der Waals surface area contributed by atoms with Gasteiger partial charge in [-0.3, -0.25) is 0 Å². The molecular weight excluding hydrogens is 222 g/mol. The van der Waals surface area contributed by atoms with E-state index in [1.54, 1.807) is 0 Å². The van der Waals surface area contributed by atoms with Crippen LogP contribution >= 0.6 is 0 Å². The van der Waals surface area contributed by atoms with Crippen LogP contribution in [0.1, 0.15) is 53.4 Å². The Bertz CT molecular complexity index is 218. The van der Waals surface area contributed by atoms with Crippen LogP contribution in [-0.2, 0) is 4.74 Å². The van der Waals surface area contributed by atoms with Crippen LogP contribution in [0, 0.1) is 18.3 Å². The fourth-order valence-corrected chi connectivity index (χ4v) is 2.20. The molecule has 0 saturated heterocycles. The minimum absolute atomic E-state index is 0.00267. The highest BCUT2D eigenvalue weighted by Crippen LogP contribution is 2.19. The Hall–Kier alpha value is -0.520. The zero-order valence-corrected chi connectivity index (χ0v) is 12.7. The number of ether oxygens (including phenoxy) is 1. The predicted molar refractivity (Wildman–Crippen MR) is 79.7 cm³/mol. The molecule has 0 aliphatic carbocycles. The van der Waals surface area contributed by atoms with Gasteiger partial charge < -0.3 is 9.64 Å². The lowest BCUT2D eigenvalue weighted by molar-refractivity contribution is 0.0334. The van der Waals surface area contributed by atoms with Gasteiger partial charge in [-0.25, -0.2) is 0 Å². The van der Waals surface area contributed by atoms with Crippen LogP contribution in [0.25, 0.3) is 0 Å². The van der Waals surface area contributed by atoms with E-state index < -0.39 is 0 Å². The van der Waals surface area contributed by atoms with Crippen molar-refractivity contribution in [3.05, 3.63) is 0 Å². The van der Waals surface area contributed by atoms with Crippen molar-refractivity contribution in [2.45, 2.75) is 59.5 Å². The van der Waals surface area contributed by atoms with Crippen LogP contribution in [0.4, 0.5) is 0 Å². The van der Waals surface area contributed by atoms with Crippen molar-refractivity contribution in [3.63, 3.8) is 0 Å². The first-order valence-electron chi connectivity index (χ1n) is 7.53. The number of likely N-dealkylation sites (N-methyl/N-ethyl adjacent to an activating group) is 1. The van der Waals surface area contributed by atoms with E-state index >= 15 is 0 Å². The van der Waals surface area contributed by atoms with Gasteiger partial charge >= 0.3 is 0 Å². The van der Waals surface area contributed by atoms with Crippen LogP contribution in [0.3, 0.4) is 0 Å². The first kappa shape index (κ1) is 17.5. The van der Waals surface area contributed by atoms with Gasteiger partial charge in [0.05, 0.1) is 6.61 Å². The van der Waals surface area contributed by atoms with Crippen LogP contribution in [0.5, 0.6) is 0 Å². The molecule has 0 radical (unpaired) electrons. The van der Waals surface area contributed by atoms with Crippen molar-refractivity contribution in [3.8, 4) is 12.3 Å². The number of terminal acetylenes is 1. The predicted octanol–water partition coefficient (Wildman–Crippen LogP) is 3.56. The molecule has 0 aliphatic rings. The maximum absolute atomic E-state index is 5.90. The summed E-state index contributed by atoms with van der Waals surface area (Å²) in [4.78, 5) is 2.36. The molecule has 2 nitrogen and oxygen atoms in total. The van der Waals surface area contributed by atoms with E-state index in [0.717, 1.165) is 32.7 Å². The number of hydrogen-bond acceptors (Lipinski definition) is 2. The summed E-state index contributed by atoms with van der Waals surface area (Å²) in [6, 6.07) is 0. The van der Waals surface area contributed by atoms with Gasteiger partial charge in [0.2, 0.25) is 0 Å². The molecule has 2 unspecified atom stereocenters. The Morgan fingerprint density at radius 1 is 1.17 bits per heavy atom. The SMILES string of the molecule is C#CC(OCCN(CC)CC)C(CC)CCCC. The maximum atomic E-state index is 5.90. The molecule has 2 heteroatoms. The van der Waals surface area contributed by atoms with Gasteiger partial charge in [-0.1, -0.05) is 46.5 Å². The molecule has 0 amide bonds. The number of unbranched alkanes of at least 4 members (excludes halogenated alkanes) is 1. The normalized spacial score (nSPS) is 14.4. The van der Waals surface area contributed by atoms with Crippen molar-refractivity contribution < 1.29 is 4.74 Å². The fourth-order valence-electron chi connectivity index (χ4n) is 2.20. The molecule has 0 spiro atoms. The Balaban J connectivity index is 4.04. The van der Waals surface area contributed by atoms with Gasteiger partial charge in [0.1, 0.15) is 6.10 Å². The van der Waals surface area contributed by atoms with E-state index in [4.69, 9.17) is 11.2 Å². The van der Waals surface area contributed by atoms with E-state index in [-0.39, 0.29) is 6.10 Å². The summed E-state index contributed by atoms with van der Waals surface area (Å²) in [5, 5.41) is 0. The molecule has 0 rings (SSSR count). The minimum atomic E-state index is -0.00267. The molecule has 0 fully saturated rings. The third kappa shape index (κ3) is 7.03. The fraction of sp³-hybridized carbons (Fsp3) is 0.875. The van der Waals surface area contributed by atoms with E-state index in [0.29, 0.717) is 5.92 Å². The Labute approximate surface area is 114 Å². The first-order chi connectivity index (χ1) is 8.73. The molecule has 0 bridgehead atoms. The van der Waals surface area contributed by atoms with Gasteiger partial charge in [-0.15, -0.1) is 6.42 Å². The largest absolute Gasteiger partial charge is 0.364 e. The van der Waals surface area contributed by atoms with E-state index in [9.17, 15) is 0 Å². The first-order valence-corrected chi connectivity index (χ1v) is 7.53. The lowest BCUT2D eigenvalue weighted by Crippen LogP contribution is -2.30. The Morgan fingerprint density at radius 3 is 2.28 bits per heavy atom. The van der Waals surface area contributed by atoms with Gasteiger partial charge in [0.25, 0.3) is 0 Å². The summed E-state index contributed by atoms with van der Waals surface area (Å²) in [5.74, 6) is 3.35. The number of hydrogen-bond donors (Lipinski definition) is 0. The zero-order chi connectivity index (χ0) is 13.8. The van der Waals surface area contributed by atoms with Crippen LogP contribution in [-0.4, -0.2) is 37.2 Å². The number of nitrogens with zero attached hydrogens (tertiary/aromatic N) is 1. The molecule has 0 saturated carbocycles. The van der Waals surface area contributed by atoms with Crippen LogP contribution in [0.15, 0.2) is 0 Å². The lowest BCUT2D eigenvalue weighted by Gasteiger charge is -2.24. The quantitative estimate of drug-likeness (QED) is 0.522. The summed E-state index contributed by atoms with van der Waals surface area (Å²) < 4.78 is 5.90. The van der Waals surface area contributed by atoms with Crippen LogP contribution < -0.4 is 0 Å². The molecule has 106 valence electrons. The molecule has 0 aromatic heterocycles. The third-order valence-electron chi connectivity index (χ3n) is 3.64. The van der Waals surface area contributed by atoms with E-state index in [1.165, 1.54) is 19.3 Å². The average Bonchev–Trinajstić information content (AvgIpc) is 2.41. The van der Waals surface area contributed by atoms with Gasteiger partial charge in [0, 0.05) is 6.54 Å². The number of rotatable bonds is 11. The molecule has 0 aliphatic heterocycles. The van der Waals surface area contributed by atoms with Gasteiger partial charge in [0.15, 0.2) is 0 Å². The lowest BCUT2D eigenvalue weighted by atomic mass is 9.93.